The summed E-state index contributed by atoms with van der Waals surface area (Å²) in [6.07, 6.45) is 0. The first-order chi connectivity index (χ1) is 13.2. The van der Waals surface area contributed by atoms with Crippen LogP contribution < -0.4 is 15.4 Å². The molecule has 2 rings (SSSR count). The highest BCUT2D eigenvalue weighted by molar-refractivity contribution is 5.96. The Labute approximate surface area is 166 Å². The number of hydrogen-bond acceptors (Lipinski definition) is 3. The van der Waals surface area contributed by atoms with Gasteiger partial charge >= 0.3 is 6.03 Å². The minimum Gasteiger partial charge on any atom is -0.492 e. The first kappa shape index (κ1) is 21.3. The first-order valence-corrected chi connectivity index (χ1v) is 9.38. The lowest BCUT2D eigenvalue weighted by Gasteiger charge is -2.18. The van der Waals surface area contributed by atoms with Crippen molar-refractivity contribution in [1.29, 1.82) is 0 Å². The second-order valence-electron chi connectivity index (χ2n) is 7.23. The first-order valence-electron chi connectivity index (χ1n) is 9.38. The number of nitrogens with zero attached hydrogens (tertiary/aromatic N) is 1. The number of aryl methyl sites for hydroxylation is 2. The average molecular weight is 383 g/mol. The van der Waals surface area contributed by atoms with Gasteiger partial charge in [-0.2, -0.15) is 0 Å². The maximum atomic E-state index is 12.7. The highest BCUT2D eigenvalue weighted by Crippen LogP contribution is 2.16. The third kappa shape index (κ3) is 6.61. The van der Waals surface area contributed by atoms with E-state index in [1.54, 1.807) is 36.2 Å². The van der Waals surface area contributed by atoms with E-state index in [2.05, 4.69) is 16.7 Å². The Morgan fingerprint density at radius 3 is 2.39 bits per heavy atom. The van der Waals surface area contributed by atoms with Crippen molar-refractivity contribution in [1.82, 2.24) is 10.2 Å². The van der Waals surface area contributed by atoms with E-state index in [1.807, 2.05) is 39.8 Å². The van der Waals surface area contributed by atoms with Crippen LogP contribution in [0.3, 0.4) is 0 Å². The molecule has 0 heterocycles. The molecule has 28 heavy (non-hydrogen) atoms. The SMILES string of the molecule is Cc1cc(C)cc(OCCN(C)C(=O)c2cccc(NC(=O)NC(C)C)c2)c1. The molecule has 3 amide bonds. The van der Waals surface area contributed by atoms with E-state index in [0.29, 0.717) is 24.4 Å². The number of nitrogens with one attached hydrogen (secondary N) is 2. The van der Waals surface area contributed by atoms with Crippen LogP contribution in [0, 0.1) is 13.8 Å². The maximum absolute atomic E-state index is 12.7. The van der Waals surface area contributed by atoms with Gasteiger partial charge in [0.1, 0.15) is 12.4 Å². The van der Waals surface area contributed by atoms with Gasteiger partial charge in [-0.1, -0.05) is 12.1 Å². The van der Waals surface area contributed by atoms with Gasteiger partial charge in [-0.3, -0.25) is 4.79 Å². The molecule has 0 fully saturated rings. The normalized spacial score (nSPS) is 10.5. The number of ether oxygens (including phenoxy) is 1. The maximum Gasteiger partial charge on any atom is 0.319 e. The molecular formula is C22H29N3O3. The van der Waals surface area contributed by atoms with Crippen molar-refractivity contribution in [2.45, 2.75) is 33.7 Å². The molecule has 0 saturated carbocycles. The van der Waals surface area contributed by atoms with E-state index < -0.39 is 0 Å². The second kappa shape index (κ2) is 9.78. The second-order valence-corrected chi connectivity index (χ2v) is 7.23. The highest BCUT2D eigenvalue weighted by Gasteiger charge is 2.13. The summed E-state index contributed by atoms with van der Waals surface area (Å²) in [5.74, 6) is 0.678. The molecule has 0 aromatic heterocycles. The van der Waals surface area contributed by atoms with Gasteiger partial charge < -0.3 is 20.3 Å². The molecule has 0 saturated heterocycles. The lowest BCUT2D eigenvalue weighted by atomic mass is 10.1. The van der Waals surface area contributed by atoms with Crippen LogP contribution in [0.15, 0.2) is 42.5 Å². The van der Waals surface area contributed by atoms with Crippen molar-refractivity contribution in [2.75, 3.05) is 25.5 Å². The Kier molecular flexibility index (Phi) is 7.44. The third-order valence-electron chi connectivity index (χ3n) is 4.02. The van der Waals surface area contributed by atoms with Crippen LogP contribution >= 0.6 is 0 Å². The summed E-state index contributed by atoms with van der Waals surface area (Å²) in [6, 6.07) is 12.7. The number of anilines is 1. The zero-order chi connectivity index (χ0) is 20.7. The summed E-state index contributed by atoms with van der Waals surface area (Å²) in [6.45, 7) is 8.68. The molecule has 2 aromatic carbocycles. The summed E-state index contributed by atoms with van der Waals surface area (Å²) in [7, 11) is 1.73. The van der Waals surface area contributed by atoms with Gasteiger partial charge in [-0.15, -0.1) is 0 Å². The van der Waals surface area contributed by atoms with Gasteiger partial charge in [0, 0.05) is 24.3 Å². The molecule has 0 aliphatic rings. The standard InChI is InChI=1S/C22H29N3O3/c1-15(2)23-22(27)24-19-8-6-7-18(14-19)21(26)25(5)9-10-28-20-12-16(3)11-17(4)13-20/h6-8,11-15H,9-10H2,1-5H3,(H2,23,24,27). The van der Waals surface area contributed by atoms with Crippen molar-refractivity contribution in [3.05, 3.63) is 59.2 Å². The Morgan fingerprint density at radius 2 is 1.75 bits per heavy atom. The summed E-state index contributed by atoms with van der Waals surface area (Å²) in [5.41, 5.74) is 3.37. The predicted molar refractivity (Wildman–Crippen MR) is 112 cm³/mol. The number of likely N-dealkylation sites (N-methyl/N-ethyl adjacent to an activating group) is 1. The predicted octanol–water partition coefficient (Wildman–Crippen LogP) is 3.98. The van der Waals surface area contributed by atoms with Crippen molar-refractivity contribution in [3.63, 3.8) is 0 Å². The van der Waals surface area contributed by atoms with Gasteiger partial charge in [0.2, 0.25) is 0 Å². The molecule has 0 atom stereocenters. The van der Waals surface area contributed by atoms with E-state index >= 15 is 0 Å². The van der Waals surface area contributed by atoms with Crippen LogP contribution in [0.2, 0.25) is 0 Å². The Bertz CT molecular complexity index is 813. The molecule has 2 aromatic rings. The van der Waals surface area contributed by atoms with Crippen LogP contribution in [0.1, 0.15) is 35.3 Å². The molecule has 2 N–H and O–H groups in total. The van der Waals surface area contributed by atoms with E-state index in [0.717, 1.165) is 16.9 Å². The number of carbonyl (C=O) groups excluding carboxylic acids is 2. The minimum atomic E-state index is -0.296. The van der Waals surface area contributed by atoms with E-state index in [9.17, 15) is 9.59 Å². The quantitative estimate of drug-likeness (QED) is 0.760. The molecule has 6 nitrogen and oxygen atoms in total. The number of urea groups is 1. The Hall–Kier alpha value is -3.02. The molecule has 0 bridgehead atoms. The highest BCUT2D eigenvalue weighted by atomic mass is 16.5. The smallest absolute Gasteiger partial charge is 0.319 e. The van der Waals surface area contributed by atoms with Crippen molar-refractivity contribution in [2.24, 2.45) is 0 Å². The lowest BCUT2D eigenvalue weighted by molar-refractivity contribution is 0.0773. The summed E-state index contributed by atoms with van der Waals surface area (Å²) in [5, 5.41) is 5.49. The van der Waals surface area contributed by atoms with E-state index in [-0.39, 0.29) is 18.0 Å². The number of carbonyl (C=O) groups is 2. The molecule has 150 valence electrons. The van der Waals surface area contributed by atoms with Crippen LogP contribution in [0.4, 0.5) is 10.5 Å². The van der Waals surface area contributed by atoms with Gasteiger partial charge in [-0.25, -0.2) is 4.79 Å². The van der Waals surface area contributed by atoms with Crippen LogP contribution in [0.25, 0.3) is 0 Å². The number of hydrogen-bond donors (Lipinski definition) is 2. The largest absolute Gasteiger partial charge is 0.492 e. The molecule has 0 radical (unpaired) electrons. The molecule has 0 spiro atoms. The number of benzene rings is 2. The molecule has 0 aliphatic carbocycles. The monoisotopic (exact) mass is 383 g/mol. The summed E-state index contributed by atoms with van der Waals surface area (Å²) >= 11 is 0. The Morgan fingerprint density at radius 1 is 1.07 bits per heavy atom. The fourth-order valence-electron chi connectivity index (χ4n) is 2.80. The molecule has 0 aliphatic heterocycles. The lowest BCUT2D eigenvalue weighted by Crippen LogP contribution is -2.34. The van der Waals surface area contributed by atoms with Crippen molar-refractivity contribution < 1.29 is 14.3 Å². The fraction of sp³-hybridized carbons (Fsp3) is 0.364. The average Bonchev–Trinajstić information content (AvgIpc) is 2.59. The minimum absolute atomic E-state index is 0.0353. The summed E-state index contributed by atoms with van der Waals surface area (Å²) < 4.78 is 5.78. The van der Waals surface area contributed by atoms with Gasteiger partial charge in [-0.05, 0) is 69.2 Å². The Balaban J connectivity index is 1.91. The van der Waals surface area contributed by atoms with Gasteiger partial charge in [0.05, 0.1) is 6.54 Å². The van der Waals surface area contributed by atoms with Crippen LogP contribution in [-0.4, -0.2) is 43.1 Å². The molecule has 6 heteroatoms. The summed E-state index contributed by atoms with van der Waals surface area (Å²) in [4.78, 5) is 26.1. The molecular weight excluding hydrogens is 354 g/mol. The van der Waals surface area contributed by atoms with Crippen molar-refractivity contribution >= 4 is 17.6 Å². The van der Waals surface area contributed by atoms with Crippen LogP contribution in [-0.2, 0) is 0 Å². The van der Waals surface area contributed by atoms with E-state index in [4.69, 9.17) is 4.74 Å². The zero-order valence-electron chi connectivity index (χ0n) is 17.2. The van der Waals surface area contributed by atoms with E-state index in [1.165, 1.54) is 0 Å². The topological polar surface area (TPSA) is 70.7 Å². The van der Waals surface area contributed by atoms with Gasteiger partial charge in [0.25, 0.3) is 5.91 Å². The van der Waals surface area contributed by atoms with Crippen molar-refractivity contribution in [3.8, 4) is 5.75 Å². The third-order valence-corrected chi connectivity index (χ3v) is 4.02. The fourth-order valence-corrected chi connectivity index (χ4v) is 2.80. The number of rotatable bonds is 7. The van der Waals surface area contributed by atoms with Gasteiger partial charge in [0.15, 0.2) is 0 Å². The zero-order valence-corrected chi connectivity index (χ0v) is 17.2. The van der Waals surface area contributed by atoms with Crippen LogP contribution in [0.5, 0.6) is 5.75 Å². The number of amides is 3. The molecule has 0 unspecified atom stereocenters.